The summed E-state index contributed by atoms with van der Waals surface area (Å²) in [5.74, 6) is 0.768. The Morgan fingerprint density at radius 3 is 2.73 bits per heavy atom. The van der Waals surface area contributed by atoms with Crippen LogP contribution in [0.2, 0.25) is 0 Å². The fraction of sp³-hybridized carbons (Fsp3) is 0.400. The minimum Gasteiger partial charge on any atom is -0.494 e. The van der Waals surface area contributed by atoms with E-state index in [2.05, 4.69) is 15.5 Å². The first kappa shape index (κ1) is 16.4. The molecule has 0 bridgehead atoms. The molecule has 2 aromatic rings. The van der Waals surface area contributed by atoms with Crippen molar-refractivity contribution in [3.63, 3.8) is 0 Å². The number of ether oxygens (including phenoxy) is 2. The van der Waals surface area contributed by atoms with Gasteiger partial charge in [0.2, 0.25) is 11.0 Å². The van der Waals surface area contributed by atoms with Gasteiger partial charge in [0, 0.05) is 13.5 Å². The van der Waals surface area contributed by atoms with Crippen LogP contribution in [-0.2, 0) is 22.6 Å². The van der Waals surface area contributed by atoms with Crippen molar-refractivity contribution >= 4 is 22.4 Å². The molecule has 1 aromatic carbocycles. The molecule has 1 amide bonds. The average molecular weight is 321 g/mol. The predicted octanol–water partition coefficient (Wildman–Crippen LogP) is 2.65. The van der Waals surface area contributed by atoms with E-state index in [0.29, 0.717) is 31.2 Å². The number of hydrogen-bond donors (Lipinski definition) is 1. The Hall–Kier alpha value is -1.99. The van der Waals surface area contributed by atoms with Crippen molar-refractivity contribution in [2.24, 2.45) is 0 Å². The number of benzene rings is 1. The molecule has 0 unspecified atom stereocenters. The molecule has 0 radical (unpaired) electrons. The van der Waals surface area contributed by atoms with Crippen LogP contribution in [0.5, 0.6) is 5.75 Å². The summed E-state index contributed by atoms with van der Waals surface area (Å²) in [5, 5.41) is 11.8. The van der Waals surface area contributed by atoms with E-state index in [1.807, 2.05) is 31.2 Å². The number of hydrogen-bond acceptors (Lipinski definition) is 6. The molecule has 7 heteroatoms. The molecule has 0 aliphatic carbocycles. The SMILES string of the molecule is CCOc1ccc(CCC(=O)Nc2nnc(COC)s2)cc1. The summed E-state index contributed by atoms with van der Waals surface area (Å²) in [5.41, 5.74) is 1.09. The van der Waals surface area contributed by atoms with Gasteiger partial charge < -0.3 is 14.8 Å². The van der Waals surface area contributed by atoms with E-state index in [-0.39, 0.29) is 5.91 Å². The number of nitrogens with zero attached hydrogens (tertiary/aromatic N) is 2. The lowest BCUT2D eigenvalue weighted by Gasteiger charge is -2.05. The number of methoxy groups -OCH3 is 1. The van der Waals surface area contributed by atoms with Gasteiger partial charge in [0.05, 0.1) is 6.61 Å². The zero-order chi connectivity index (χ0) is 15.8. The zero-order valence-corrected chi connectivity index (χ0v) is 13.5. The molecule has 0 saturated heterocycles. The Labute approximate surface area is 133 Å². The lowest BCUT2D eigenvalue weighted by molar-refractivity contribution is -0.116. The van der Waals surface area contributed by atoms with Gasteiger partial charge in [0.1, 0.15) is 17.4 Å². The molecule has 22 heavy (non-hydrogen) atoms. The second-order valence-electron chi connectivity index (χ2n) is 4.56. The molecule has 2 rings (SSSR count). The van der Waals surface area contributed by atoms with Gasteiger partial charge in [-0.25, -0.2) is 0 Å². The largest absolute Gasteiger partial charge is 0.494 e. The molecule has 1 N–H and O–H groups in total. The van der Waals surface area contributed by atoms with E-state index in [0.717, 1.165) is 16.3 Å². The van der Waals surface area contributed by atoms with Gasteiger partial charge in [0.15, 0.2) is 0 Å². The maximum absolute atomic E-state index is 11.9. The average Bonchev–Trinajstić information content (AvgIpc) is 2.94. The highest BCUT2D eigenvalue weighted by atomic mass is 32.1. The molecule has 1 aromatic heterocycles. The summed E-state index contributed by atoms with van der Waals surface area (Å²) < 4.78 is 10.3. The van der Waals surface area contributed by atoms with E-state index in [1.165, 1.54) is 11.3 Å². The van der Waals surface area contributed by atoms with Crippen molar-refractivity contribution in [1.82, 2.24) is 10.2 Å². The Kier molecular flexibility index (Phi) is 6.29. The lowest BCUT2D eigenvalue weighted by atomic mass is 10.1. The quantitative estimate of drug-likeness (QED) is 0.809. The number of amides is 1. The van der Waals surface area contributed by atoms with Crippen LogP contribution in [0.1, 0.15) is 23.9 Å². The number of aromatic nitrogens is 2. The molecule has 0 aliphatic rings. The highest BCUT2D eigenvalue weighted by Crippen LogP contribution is 2.17. The van der Waals surface area contributed by atoms with E-state index >= 15 is 0 Å². The fourth-order valence-electron chi connectivity index (χ4n) is 1.84. The predicted molar refractivity (Wildman–Crippen MR) is 85.2 cm³/mol. The van der Waals surface area contributed by atoms with Crippen LogP contribution in [0.25, 0.3) is 0 Å². The molecule has 118 valence electrons. The summed E-state index contributed by atoms with van der Waals surface area (Å²) in [4.78, 5) is 11.9. The van der Waals surface area contributed by atoms with Gasteiger partial charge in [-0.15, -0.1) is 10.2 Å². The molecule has 0 atom stereocenters. The molecule has 0 spiro atoms. The van der Waals surface area contributed by atoms with Gasteiger partial charge in [-0.3, -0.25) is 4.79 Å². The Balaban J connectivity index is 1.79. The second kappa shape index (κ2) is 8.45. The summed E-state index contributed by atoms with van der Waals surface area (Å²) in [6.07, 6.45) is 1.06. The van der Waals surface area contributed by atoms with Gasteiger partial charge in [0.25, 0.3) is 0 Å². The van der Waals surface area contributed by atoms with Crippen LogP contribution >= 0.6 is 11.3 Å². The van der Waals surface area contributed by atoms with Gasteiger partial charge >= 0.3 is 0 Å². The third-order valence-corrected chi connectivity index (χ3v) is 3.67. The highest BCUT2D eigenvalue weighted by molar-refractivity contribution is 7.15. The first-order chi connectivity index (χ1) is 10.7. The Morgan fingerprint density at radius 2 is 2.05 bits per heavy atom. The van der Waals surface area contributed by atoms with Crippen LogP contribution in [0.15, 0.2) is 24.3 Å². The van der Waals surface area contributed by atoms with Crippen LogP contribution in [0.3, 0.4) is 0 Å². The molecular formula is C15H19N3O3S. The molecule has 0 aliphatic heterocycles. The van der Waals surface area contributed by atoms with Gasteiger partial charge in [-0.2, -0.15) is 0 Å². The third kappa shape index (κ3) is 5.09. The summed E-state index contributed by atoms with van der Waals surface area (Å²) in [6, 6.07) is 7.77. The van der Waals surface area contributed by atoms with Crippen molar-refractivity contribution in [2.75, 3.05) is 19.0 Å². The lowest BCUT2D eigenvalue weighted by Crippen LogP contribution is -2.12. The second-order valence-corrected chi connectivity index (χ2v) is 5.62. The Morgan fingerprint density at radius 1 is 1.27 bits per heavy atom. The first-order valence-corrected chi connectivity index (χ1v) is 7.85. The monoisotopic (exact) mass is 321 g/mol. The number of nitrogens with one attached hydrogen (secondary N) is 1. The molecule has 6 nitrogen and oxygen atoms in total. The molecule has 1 heterocycles. The molecule has 0 saturated carbocycles. The van der Waals surface area contributed by atoms with Crippen molar-refractivity contribution in [1.29, 1.82) is 0 Å². The van der Waals surface area contributed by atoms with Crippen molar-refractivity contribution < 1.29 is 14.3 Å². The van der Waals surface area contributed by atoms with Crippen LogP contribution in [0, 0.1) is 0 Å². The van der Waals surface area contributed by atoms with E-state index in [4.69, 9.17) is 9.47 Å². The van der Waals surface area contributed by atoms with Crippen LogP contribution in [-0.4, -0.2) is 29.8 Å². The minimum absolute atomic E-state index is 0.0750. The topological polar surface area (TPSA) is 73.3 Å². The van der Waals surface area contributed by atoms with Gasteiger partial charge in [-0.05, 0) is 31.0 Å². The number of carbonyl (C=O) groups is 1. The zero-order valence-electron chi connectivity index (χ0n) is 12.7. The number of rotatable bonds is 8. The Bertz CT molecular complexity index is 598. The summed E-state index contributed by atoms with van der Waals surface area (Å²) in [7, 11) is 1.59. The van der Waals surface area contributed by atoms with Gasteiger partial charge in [-0.1, -0.05) is 23.5 Å². The fourth-order valence-corrected chi connectivity index (χ4v) is 2.57. The maximum atomic E-state index is 11.9. The third-order valence-electron chi connectivity index (χ3n) is 2.86. The smallest absolute Gasteiger partial charge is 0.226 e. The minimum atomic E-state index is -0.0750. The van der Waals surface area contributed by atoms with Crippen LogP contribution in [0.4, 0.5) is 5.13 Å². The maximum Gasteiger partial charge on any atom is 0.226 e. The number of carbonyl (C=O) groups excluding carboxylic acids is 1. The molecule has 0 fully saturated rings. The summed E-state index contributed by atoms with van der Waals surface area (Å²) in [6.45, 7) is 3.00. The number of aryl methyl sites for hydroxylation is 1. The standard InChI is InChI=1S/C15H19N3O3S/c1-3-21-12-7-4-11(5-8-12)6-9-13(19)16-15-18-17-14(22-15)10-20-2/h4-5,7-8H,3,6,9-10H2,1-2H3,(H,16,18,19). The van der Waals surface area contributed by atoms with E-state index in [9.17, 15) is 4.79 Å². The van der Waals surface area contributed by atoms with Crippen LogP contribution < -0.4 is 10.1 Å². The summed E-state index contributed by atoms with van der Waals surface area (Å²) >= 11 is 1.32. The molecular weight excluding hydrogens is 302 g/mol. The van der Waals surface area contributed by atoms with Crippen molar-refractivity contribution in [3.05, 3.63) is 34.8 Å². The normalized spacial score (nSPS) is 10.5. The van der Waals surface area contributed by atoms with E-state index < -0.39 is 0 Å². The number of anilines is 1. The van der Waals surface area contributed by atoms with E-state index in [1.54, 1.807) is 7.11 Å². The van der Waals surface area contributed by atoms with Crippen molar-refractivity contribution in [2.45, 2.75) is 26.4 Å². The first-order valence-electron chi connectivity index (χ1n) is 7.04. The van der Waals surface area contributed by atoms with Crippen molar-refractivity contribution in [3.8, 4) is 5.75 Å². The highest BCUT2D eigenvalue weighted by Gasteiger charge is 2.08.